The van der Waals surface area contributed by atoms with Gasteiger partial charge in [0.25, 0.3) is 0 Å². The zero-order chi connectivity index (χ0) is 24.5. The standard InChI is InChI=1S/C28H30O3S.C2H6/c1-19-17-25(13-16-27(19)31-18-28(29)30-2)24-9-7-21(8-10-24)20-3-5-22(6-4-20)23-11-14-26(32)15-12-23;1-2/h3-10,13,16-17,23,26,32H,11-12,14-15,18H2,1-2H3;1-2H3. The molecule has 1 saturated carbocycles. The molecule has 4 heteroatoms. The highest BCUT2D eigenvalue weighted by Crippen LogP contribution is 2.36. The third-order valence-corrected chi connectivity index (χ3v) is 6.89. The first kappa shape index (κ1) is 25.9. The maximum atomic E-state index is 11.3. The summed E-state index contributed by atoms with van der Waals surface area (Å²) >= 11 is 4.62. The molecular weight excluding hydrogens is 440 g/mol. The first-order valence-corrected chi connectivity index (χ1v) is 12.7. The molecule has 1 aliphatic carbocycles. The van der Waals surface area contributed by atoms with Crippen LogP contribution in [0.1, 0.15) is 56.6 Å². The third-order valence-electron chi connectivity index (χ3n) is 6.38. The maximum Gasteiger partial charge on any atom is 0.343 e. The lowest BCUT2D eigenvalue weighted by Gasteiger charge is -2.26. The van der Waals surface area contributed by atoms with E-state index in [0.717, 1.165) is 16.7 Å². The lowest BCUT2D eigenvalue weighted by Crippen LogP contribution is -2.12. The van der Waals surface area contributed by atoms with Gasteiger partial charge in [-0.15, -0.1) is 0 Å². The molecule has 0 heterocycles. The van der Waals surface area contributed by atoms with Crippen LogP contribution in [0.4, 0.5) is 0 Å². The fraction of sp³-hybridized carbons (Fsp3) is 0.367. The predicted octanol–water partition coefficient (Wildman–Crippen LogP) is 7.86. The number of aryl methyl sites for hydroxylation is 1. The predicted molar refractivity (Wildman–Crippen MR) is 145 cm³/mol. The number of rotatable bonds is 6. The summed E-state index contributed by atoms with van der Waals surface area (Å²) in [7, 11) is 1.36. The quantitative estimate of drug-likeness (QED) is 0.290. The van der Waals surface area contributed by atoms with Crippen molar-refractivity contribution in [2.24, 2.45) is 0 Å². The minimum atomic E-state index is -0.387. The van der Waals surface area contributed by atoms with Gasteiger partial charge in [-0.25, -0.2) is 4.79 Å². The van der Waals surface area contributed by atoms with Gasteiger partial charge in [-0.3, -0.25) is 0 Å². The summed E-state index contributed by atoms with van der Waals surface area (Å²) in [5.74, 6) is 0.985. The van der Waals surface area contributed by atoms with Crippen molar-refractivity contribution < 1.29 is 14.3 Å². The van der Waals surface area contributed by atoms with Crippen LogP contribution >= 0.6 is 12.6 Å². The van der Waals surface area contributed by atoms with Crippen LogP contribution in [0.25, 0.3) is 22.3 Å². The Hall–Kier alpha value is -2.72. The van der Waals surface area contributed by atoms with Gasteiger partial charge in [-0.05, 0) is 84.0 Å². The number of esters is 1. The second-order valence-electron chi connectivity index (χ2n) is 8.55. The lowest BCUT2D eigenvalue weighted by molar-refractivity contribution is -0.142. The van der Waals surface area contributed by atoms with Gasteiger partial charge >= 0.3 is 5.97 Å². The number of benzene rings is 3. The molecule has 0 radical (unpaired) electrons. The number of carbonyl (C=O) groups is 1. The molecule has 0 aliphatic heterocycles. The van der Waals surface area contributed by atoms with Gasteiger partial charge in [0.2, 0.25) is 0 Å². The van der Waals surface area contributed by atoms with E-state index in [0.29, 0.717) is 16.9 Å². The van der Waals surface area contributed by atoms with E-state index >= 15 is 0 Å². The van der Waals surface area contributed by atoms with Gasteiger partial charge in [-0.1, -0.05) is 68.4 Å². The van der Waals surface area contributed by atoms with Crippen molar-refractivity contribution >= 4 is 18.6 Å². The summed E-state index contributed by atoms with van der Waals surface area (Å²) in [6.45, 7) is 5.90. The van der Waals surface area contributed by atoms with Gasteiger partial charge in [0, 0.05) is 5.25 Å². The summed E-state index contributed by atoms with van der Waals surface area (Å²) < 4.78 is 10.2. The summed E-state index contributed by atoms with van der Waals surface area (Å²) in [6.07, 6.45) is 4.92. The summed E-state index contributed by atoms with van der Waals surface area (Å²) in [6, 6.07) is 23.7. The molecule has 0 spiro atoms. The molecule has 4 rings (SSSR count). The van der Waals surface area contributed by atoms with E-state index in [1.165, 1.54) is 49.5 Å². The number of hydrogen-bond acceptors (Lipinski definition) is 4. The molecule has 1 aliphatic rings. The smallest absolute Gasteiger partial charge is 0.343 e. The Morgan fingerprint density at radius 3 is 1.85 bits per heavy atom. The highest BCUT2D eigenvalue weighted by atomic mass is 32.1. The largest absolute Gasteiger partial charge is 0.482 e. The van der Waals surface area contributed by atoms with E-state index in [-0.39, 0.29) is 12.6 Å². The van der Waals surface area contributed by atoms with Crippen molar-refractivity contribution in [1.82, 2.24) is 0 Å². The van der Waals surface area contributed by atoms with Gasteiger partial charge in [0.05, 0.1) is 7.11 Å². The third kappa shape index (κ3) is 6.66. The fourth-order valence-electron chi connectivity index (χ4n) is 4.40. The monoisotopic (exact) mass is 476 g/mol. The van der Waals surface area contributed by atoms with Crippen molar-refractivity contribution in [1.29, 1.82) is 0 Å². The molecule has 0 saturated heterocycles. The van der Waals surface area contributed by atoms with Gasteiger partial charge in [0.1, 0.15) is 5.75 Å². The zero-order valence-electron chi connectivity index (χ0n) is 20.7. The second kappa shape index (κ2) is 12.7. The molecule has 34 heavy (non-hydrogen) atoms. The molecule has 0 aromatic heterocycles. The van der Waals surface area contributed by atoms with E-state index in [4.69, 9.17) is 4.74 Å². The molecule has 0 bridgehead atoms. The topological polar surface area (TPSA) is 35.5 Å². The first-order chi connectivity index (χ1) is 16.5. The number of hydrogen-bond donors (Lipinski definition) is 1. The Morgan fingerprint density at radius 1 is 0.824 bits per heavy atom. The molecule has 0 atom stereocenters. The van der Waals surface area contributed by atoms with Crippen molar-refractivity contribution in [3.63, 3.8) is 0 Å². The fourth-order valence-corrected chi connectivity index (χ4v) is 4.70. The minimum Gasteiger partial charge on any atom is -0.482 e. The Bertz CT molecular complexity index is 1050. The summed E-state index contributed by atoms with van der Waals surface area (Å²) in [5, 5.41) is 0.580. The number of ether oxygens (including phenoxy) is 2. The van der Waals surface area contributed by atoms with E-state index in [2.05, 4.69) is 72.0 Å². The first-order valence-electron chi connectivity index (χ1n) is 12.2. The Labute approximate surface area is 209 Å². The van der Waals surface area contributed by atoms with Crippen LogP contribution in [0.5, 0.6) is 5.75 Å². The lowest BCUT2D eigenvalue weighted by atomic mass is 9.83. The zero-order valence-corrected chi connectivity index (χ0v) is 21.6. The molecule has 3 nitrogen and oxygen atoms in total. The average molecular weight is 477 g/mol. The van der Waals surface area contributed by atoms with Crippen molar-refractivity contribution in [3.8, 4) is 28.0 Å². The molecule has 3 aromatic rings. The van der Waals surface area contributed by atoms with E-state index in [9.17, 15) is 4.79 Å². The second-order valence-corrected chi connectivity index (χ2v) is 9.28. The highest BCUT2D eigenvalue weighted by Gasteiger charge is 2.20. The van der Waals surface area contributed by atoms with Crippen LogP contribution in [-0.2, 0) is 9.53 Å². The van der Waals surface area contributed by atoms with Crippen LogP contribution in [-0.4, -0.2) is 24.9 Å². The molecular formula is C30H36O3S. The van der Waals surface area contributed by atoms with Crippen LogP contribution in [0, 0.1) is 6.92 Å². The van der Waals surface area contributed by atoms with Gasteiger partial charge in [0.15, 0.2) is 6.61 Å². The van der Waals surface area contributed by atoms with E-state index < -0.39 is 0 Å². The van der Waals surface area contributed by atoms with Crippen molar-refractivity contribution in [3.05, 3.63) is 77.9 Å². The Kier molecular flexibility index (Phi) is 9.64. The number of methoxy groups -OCH3 is 1. The average Bonchev–Trinajstić information content (AvgIpc) is 2.89. The molecule has 0 amide bonds. The molecule has 3 aromatic carbocycles. The number of thiol groups is 1. The SMILES string of the molecule is CC.COC(=O)COc1ccc(-c2ccc(-c3ccc(C4CCC(S)CC4)cc3)cc2)cc1C. The molecule has 180 valence electrons. The normalized spacial score (nSPS) is 17.3. The van der Waals surface area contributed by atoms with Crippen LogP contribution in [0.2, 0.25) is 0 Å². The molecule has 1 fully saturated rings. The van der Waals surface area contributed by atoms with Crippen LogP contribution < -0.4 is 4.74 Å². The molecule has 0 unspecified atom stereocenters. The van der Waals surface area contributed by atoms with Gasteiger partial charge < -0.3 is 9.47 Å². The summed E-state index contributed by atoms with van der Waals surface area (Å²) in [5.41, 5.74) is 7.17. The number of carbonyl (C=O) groups excluding carboxylic acids is 1. The van der Waals surface area contributed by atoms with Gasteiger partial charge in [-0.2, -0.15) is 12.6 Å². The van der Waals surface area contributed by atoms with Crippen molar-refractivity contribution in [2.45, 2.75) is 57.6 Å². The van der Waals surface area contributed by atoms with Crippen LogP contribution in [0.3, 0.4) is 0 Å². The molecule has 0 N–H and O–H groups in total. The van der Waals surface area contributed by atoms with Crippen molar-refractivity contribution in [2.75, 3.05) is 13.7 Å². The van der Waals surface area contributed by atoms with E-state index in [1.54, 1.807) is 0 Å². The summed E-state index contributed by atoms with van der Waals surface area (Å²) in [4.78, 5) is 11.3. The highest BCUT2D eigenvalue weighted by molar-refractivity contribution is 7.80. The van der Waals surface area contributed by atoms with Crippen LogP contribution in [0.15, 0.2) is 66.7 Å². The van der Waals surface area contributed by atoms with E-state index in [1.807, 2.05) is 32.9 Å². The Balaban J connectivity index is 0.00000158. The minimum absolute atomic E-state index is 0.0827. The maximum absolute atomic E-state index is 11.3. The Morgan fingerprint density at radius 2 is 1.32 bits per heavy atom.